The molecule has 15 heteroatoms. The van der Waals surface area contributed by atoms with Crippen molar-refractivity contribution >= 4 is 39.3 Å². The van der Waals surface area contributed by atoms with E-state index in [2.05, 4.69) is 16.6 Å². The highest BCUT2D eigenvalue weighted by Gasteiger charge is 2.31. The van der Waals surface area contributed by atoms with Crippen molar-refractivity contribution in [2.24, 2.45) is 5.92 Å². The number of carbonyl (C=O) groups excluding carboxylic acids is 1. The second-order valence-corrected chi connectivity index (χ2v) is 12.5. The molecular formula is C30H30ClF3N4O6S. The molecule has 3 aromatic heterocycles. The maximum Gasteiger partial charge on any atom is 0.509 e. The number of benzene rings is 1. The van der Waals surface area contributed by atoms with Gasteiger partial charge in [-0.25, -0.2) is 9.59 Å². The highest BCUT2D eigenvalue weighted by Crippen LogP contribution is 2.42. The van der Waals surface area contributed by atoms with Gasteiger partial charge in [-0.1, -0.05) is 18.5 Å². The molecule has 2 atom stereocenters. The fourth-order valence-corrected chi connectivity index (χ4v) is 6.80. The van der Waals surface area contributed by atoms with Crippen LogP contribution in [0.1, 0.15) is 23.8 Å². The topological polar surface area (TPSA) is 105 Å². The van der Waals surface area contributed by atoms with Gasteiger partial charge in [0.15, 0.2) is 0 Å². The first kappa shape index (κ1) is 32.5. The van der Waals surface area contributed by atoms with Crippen molar-refractivity contribution in [2.75, 3.05) is 26.9 Å². The molecule has 0 unspecified atom stereocenters. The fourth-order valence-electron chi connectivity index (χ4n) is 5.39. The average Bonchev–Trinajstić information content (AvgIpc) is 3.40. The number of hydrogen-bond acceptors (Lipinski definition) is 9. The minimum atomic E-state index is -4.62. The molecule has 240 valence electrons. The largest absolute Gasteiger partial charge is 0.509 e. The van der Waals surface area contributed by atoms with Crippen LogP contribution in [0, 0.1) is 12.8 Å². The van der Waals surface area contributed by atoms with Gasteiger partial charge in [-0.2, -0.15) is 13.2 Å². The van der Waals surface area contributed by atoms with Gasteiger partial charge in [0.1, 0.15) is 25.1 Å². The Labute approximate surface area is 264 Å². The predicted octanol–water partition coefficient (Wildman–Crippen LogP) is 5.69. The fraction of sp³-hybridized carbons (Fsp3) is 0.400. The molecule has 0 bridgehead atoms. The quantitative estimate of drug-likeness (QED) is 0.221. The van der Waals surface area contributed by atoms with E-state index < -0.39 is 30.1 Å². The number of methoxy groups -OCH3 is 1. The number of thiophene rings is 1. The number of alkyl halides is 3. The van der Waals surface area contributed by atoms with Gasteiger partial charge in [-0.05, 0) is 43.2 Å². The SMILES string of the molecule is COC(=O)OCN1CC[C@@H](Oc2c(C)cc(Cl)cc2-c2ccnc3cc(Cn4c(=O)ccn(CC(F)(F)F)c4=O)sc23)[C@@H](C)C1. The van der Waals surface area contributed by atoms with Crippen molar-refractivity contribution in [2.45, 2.75) is 45.6 Å². The zero-order chi connectivity index (χ0) is 32.5. The van der Waals surface area contributed by atoms with Crippen molar-refractivity contribution in [3.05, 3.63) is 79.0 Å². The molecule has 5 rings (SSSR count). The minimum Gasteiger partial charge on any atom is -0.489 e. The Balaban J connectivity index is 1.45. The molecule has 4 heterocycles. The third kappa shape index (κ3) is 7.51. The zero-order valence-corrected chi connectivity index (χ0v) is 26.2. The number of aromatic nitrogens is 3. The van der Waals surface area contributed by atoms with Crippen LogP contribution in [0.2, 0.25) is 5.02 Å². The standard InChI is InChI=1S/C30H30ClF3N4O6S/c1-17-10-19(31)11-22(26(17)44-24-5-8-36(13-18(24)2)16-43-29(41)42-3)21-4-7-35-23-12-20(45-27(21)23)14-38-25(39)6-9-37(28(38)40)15-30(32,33)34/h4,6-7,9-12,18,24H,5,8,13-16H2,1-3H3/t18-,24+/m0/s1. The highest BCUT2D eigenvalue weighted by atomic mass is 35.5. The third-order valence-corrected chi connectivity index (χ3v) is 8.87. The molecule has 1 aliphatic heterocycles. The molecule has 10 nitrogen and oxygen atoms in total. The summed E-state index contributed by atoms with van der Waals surface area (Å²) in [6.07, 6.45) is -2.34. The second-order valence-electron chi connectivity index (χ2n) is 10.9. The number of pyridine rings is 1. The Hall–Kier alpha value is -3.88. The molecule has 0 saturated carbocycles. The molecule has 0 amide bonds. The summed E-state index contributed by atoms with van der Waals surface area (Å²) in [5, 5.41) is 0.500. The number of carbonyl (C=O) groups is 1. The monoisotopic (exact) mass is 666 g/mol. The van der Waals surface area contributed by atoms with Crippen LogP contribution in [-0.4, -0.2) is 64.4 Å². The first-order chi connectivity index (χ1) is 21.3. The van der Waals surface area contributed by atoms with Crippen LogP contribution in [0.4, 0.5) is 18.0 Å². The first-order valence-corrected chi connectivity index (χ1v) is 15.2. The lowest BCUT2D eigenvalue weighted by atomic mass is 9.96. The molecule has 1 aliphatic rings. The molecule has 1 saturated heterocycles. The van der Waals surface area contributed by atoms with E-state index in [4.69, 9.17) is 21.1 Å². The van der Waals surface area contributed by atoms with Crippen molar-refractivity contribution in [1.29, 1.82) is 0 Å². The van der Waals surface area contributed by atoms with Crippen molar-refractivity contribution in [3.63, 3.8) is 0 Å². The normalized spacial score (nSPS) is 17.4. The van der Waals surface area contributed by atoms with E-state index >= 15 is 0 Å². The Morgan fingerprint density at radius 2 is 1.96 bits per heavy atom. The summed E-state index contributed by atoms with van der Waals surface area (Å²) in [5.41, 5.74) is 1.15. The van der Waals surface area contributed by atoms with Crippen LogP contribution in [-0.2, 0) is 22.6 Å². The second kappa shape index (κ2) is 13.2. The van der Waals surface area contributed by atoms with Crippen LogP contribution < -0.4 is 16.0 Å². The highest BCUT2D eigenvalue weighted by molar-refractivity contribution is 7.19. The lowest BCUT2D eigenvalue weighted by Gasteiger charge is -2.37. The van der Waals surface area contributed by atoms with Gasteiger partial charge in [0.05, 0.1) is 23.9 Å². The molecule has 45 heavy (non-hydrogen) atoms. The smallest absolute Gasteiger partial charge is 0.489 e. The number of likely N-dealkylation sites (tertiary alicyclic amines) is 1. The number of fused-ring (bicyclic) bond motifs is 1. The van der Waals surface area contributed by atoms with Crippen LogP contribution in [0.15, 0.2) is 52.3 Å². The lowest BCUT2D eigenvalue weighted by Crippen LogP contribution is -2.45. The molecule has 0 aliphatic carbocycles. The Bertz CT molecular complexity index is 1840. The van der Waals surface area contributed by atoms with E-state index in [9.17, 15) is 27.6 Å². The van der Waals surface area contributed by atoms with Crippen LogP contribution in [0.3, 0.4) is 0 Å². The van der Waals surface area contributed by atoms with Crippen molar-refractivity contribution in [1.82, 2.24) is 19.0 Å². The summed E-state index contributed by atoms with van der Waals surface area (Å²) in [7, 11) is 1.26. The van der Waals surface area contributed by atoms with E-state index in [0.717, 1.165) is 38.2 Å². The maximum atomic E-state index is 13.0. The molecule has 0 spiro atoms. The van der Waals surface area contributed by atoms with Crippen molar-refractivity contribution < 1.29 is 32.2 Å². The van der Waals surface area contributed by atoms with Gasteiger partial charge >= 0.3 is 18.0 Å². The number of nitrogens with zero attached hydrogens (tertiary/aromatic N) is 4. The van der Waals surface area contributed by atoms with Gasteiger partial charge in [-0.15, -0.1) is 11.3 Å². The molecule has 1 aromatic carbocycles. The van der Waals surface area contributed by atoms with Gasteiger partial charge in [0.25, 0.3) is 5.56 Å². The number of rotatable bonds is 8. The predicted molar refractivity (Wildman–Crippen MR) is 163 cm³/mol. The van der Waals surface area contributed by atoms with Crippen LogP contribution in [0.25, 0.3) is 21.3 Å². The average molecular weight is 667 g/mol. The van der Waals surface area contributed by atoms with Gasteiger partial charge < -0.3 is 14.2 Å². The van der Waals surface area contributed by atoms with E-state index in [-0.39, 0.29) is 25.3 Å². The van der Waals surface area contributed by atoms with E-state index in [1.54, 1.807) is 18.3 Å². The molecule has 0 N–H and O–H groups in total. The van der Waals surface area contributed by atoms with Crippen molar-refractivity contribution in [3.8, 4) is 16.9 Å². The maximum absolute atomic E-state index is 13.0. The lowest BCUT2D eigenvalue weighted by molar-refractivity contribution is -0.141. The summed E-state index contributed by atoms with van der Waals surface area (Å²) in [6, 6.07) is 8.10. The number of piperidine rings is 1. The molecular weight excluding hydrogens is 637 g/mol. The van der Waals surface area contributed by atoms with Gasteiger partial charge in [0, 0.05) is 58.5 Å². The summed E-state index contributed by atoms with van der Waals surface area (Å²) in [5.74, 6) is 0.742. The van der Waals surface area contributed by atoms with E-state index in [0.29, 0.717) is 45.2 Å². The molecule has 4 aromatic rings. The molecule has 1 fully saturated rings. The first-order valence-electron chi connectivity index (χ1n) is 14.0. The number of ether oxygens (including phenoxy) is 3. The van der Waals surface area contributed by atoms with Crippen LogP contribution in [0.5, 0.6) is 5.75 Å². The Morgan fingerprint density at radius 3 is 2.67 bits per heavy atom. The van der Waals surface area contributed by atoms with E-state index in [1.807, 2.05) is 24.0 Å². The third-order valence-electron chi connectivity index (χ3n) is 7.51. The Kier molecular flexibility index (Phi) is 9.56. The van der Waals surface area contributed by atoms with Gasteiger partial charge in [0.2, 0.25) is 0 Å². The van der Waals surface area contributed by atoms with E-state index in [1.165, 1.54) is 18.4 Å². The summed E-state index contributed by atoms with van der Waals surface area (Å²) >= 11 is 7.79. The number of aryl methyl sites for hydroxylation is 1. The van der Waals surface area contributed by atoms with Gasteiger partial charge in [-0.3, -0.25) is 23.8 Å². The minimum absolute atomic E-state index is 0.0966. The summed E-state index contributed by atoms with van der Waals surface area (Å²) in [6.45, 7) is 3.65. The Morgan fingerprint density at radius 1 is 1.18 bits per heavy atom. The summed E-state index contributed by atoms with van der Waals surface area (Å²) < 4.78 is 57.2. The zero-order valence-electron chi connectivity index (χ0n) is 24.6. The summed E-state index contributed by atoms with van der Waals surface area (Å²) in [4.78, 5) is 43.7. The molecule has 0 radical (unpaired) electrons. The number of halogens is 4. The number of hydrogen-bond donors (Lipinski definition) is 0. The van der Waals surface area contributed by atoms with Crippen LogP contribution >= 0.6 is 22.9 Å².